The van der Waals surface area contributed by atoms with Crippen LogP contribution in [-0.4, -0.2) is 133 Å². The number of amides is 4. The molecular formula is C40H65N5O8. The summed E-state index contributed by atoms with van der Waals surface area (Å²) in [7, 11) is 6.72. The number of carboxylic acids is 1. The molecule has 13 nitrogen and oxygen atoms in total. The Labute approximate surface area is 316 Å². The molecule has 2 fully saturated rings. The summed E-state index contributed by atoms with van der Waals surface area (Å²) in [5.41, 5.74) is 0.788. The molecule has 3 rings (SSSR count). The van der Waals surface area contributed by atoms with E-state index in [4.69, 9.17) is 9.47 Å². The third-order valence-corrected chi connectivity index (χ3v) is 11.5. The third kappa shape index (κ3) is 11.5. The highest BCUT2D eigenvalue weighted by atomic mass is 16.5. The van der Waals surface area contributed by atoms with Crippen LogP contribution in [0.15, 0.2) is 30.3 Å². The predicted octanol–water partition coefficient (Wildman–Crippen LogP) is 3.34. The summed E-state index contributed by atoms with van der Waals surface area (Å²) in [5.74, 6) is -3.08. The standard InChI is InChI=1S/C40H65N5O8/c1-10-26(4)35(44(7)39(49)34(25(2)3)42-38(48)31-19-14-15-21-43(31)6)32(52-8)24-33(46)45-22-16-20-30(45)36(53-9)27(5)37(47)41-29(40(50)51)23-28-17-12-11-13-18-28/h11-13,17-18,25-27,29-32,34-36H,10,14-16,19-24H2,1-9H3,(H,41,47)(H,42,48)(H,50,51)/t26-,27+,29-,30-,31-,32+,34-,35-,36+/m0/s1. The highest BCUT2D eigenvalue weighted by Crippen LogP contribution is 2.30. The third-order valence-electron chi connectivity index (χ3n) is 11.5. The van der Waals surface area contributed by atoms with E-state index >= 15 is 0 Å². The predicted molar refractivity (Wildman–Crippen MR) is 203 cm³/mol. The number of aliphatic carboxylic acids is 1. The van der Waals surface area contributed by atoms with Crippen molar-refractivity contribution >= 4 is 29.6 Å². The first-order valence-corrected chi connectivity index (χ1v) is 19.4. The van der Waals surface area contributed by atoms with Gasteiger partial charge < -0.3 is 35.0 Å². The Hall–Kier alpha value is -3.55. The van der Waals surface area contributed by atoms with Crippen molar-refractivity contribution in [2.45, 2.75) is 128 Å². The van der Waals surface area contributed by atoms with E-state index in [0.29, 0.717) is 19.4 Å². The number of carbonyl (C=O) groups is 5. The Kier molecular flexibility index (Phi) is 17.2. The Bertz CT molecular complexity index is 1360. The second kappa shape index (κ2) is 20.8. The number of carboxylic acid groups (broad SMARTS) is 1. The van der Waals surface area contributed by atoms with Crippen molar-refractivity contribution in [3.05, 3.63) is 35.9 Å². The van der Waals surface area contributed by atoms with Gasteiger partial charge in [-0.1, -0.05) is 77.8 Å². The lowest BCUT2D eigenvalue weighted by molar-refractivity contribution is -0.148. The molecule has 0 saturated carbocycles. The molecule has 0 aromatic heterocycles. The molecule has 2 aliphatic rings. The normalized spacial score (nSPS) is 21.9. The first kappa shape index (κ1) is 43.9. The summed E-state index contributed by atoms with van der Waals surface area (Å²) in [6.45, 7) is 10.9. The molecule has 3 N–H and O–H groups in total. The van der Waals surface area contributed by atoms with Crippen LogP contribution in [0.5, 0.6) is 0 Å². The topological polar surface area (TPSA) is 158 Å². The number of rotatable bonds is 19. The largest absolute Gasteiger partial charge is 0.480 e. The van der Waals surface area contributed by atoms with Gasteiger partial charge in [0.2, 0.25) is 23.6 Å². The molecule has 0 spiro atoms. The van der Waals surface area contributed by atoms with Gasteiger partial charge in [0, 0.05) is 34.2 Å². The maximum atomic E-state index is 14.2. The fraction of sp³-hybridized carbons (Fsp3) is 0.725. The van der Waals surface area contributed by atoms with Crippen LogP contribution in [0.25, 0.3) is 0 Å². The molecular weight excluding hydrogens is 678 g/mol. The van der Waals surface area contributed by atoms with Gasteiger partial charge in [0.1, 0.15) is 12.1 Å². The molecule has 53 heavy (non-hydrogen) atoms. The van der Waals surface area contributed by atoms with E-state index < -0.39 is 54.2 Å². The molecule has 2 saturated heterocycles. The molecule has 0 bridgehead atoms. The van der Waals surface area contributed by atoms with Crippen LogP contribution in [0.1, 0.15) is 85.1 Å². The average Bonchev–Trinajstić information content (AvgIpc) is 3.63. The van der Waals surface area contributed by atoms with Crippen molar-refractivity contribution in [1.29, 1.82) is 0 Å². The first-order valence-electron chi connectivity index (χ1n) is 19.4. The van der Waals surface area contributed by atoms with Gasteiger partial charge in [-0.05, 0) is 56.7 Å². The highest BCUT2D eigenvalue weighted by molar-refractivity contribution is 5.90. The number of nitrogens with one attached hydrogen (secondary N) is 2. The van der Waals surface area contributed by atoms with Gasteiger partial charge in [-0.15, -0.1) is 0 Å². The van der Waals surface area contributed by atoms with E-state index in [9.17, 15) is 29.1 Å². The van der Waals surface area contributed by atoms with Gasteiger partial charge in [-0.2, -0.15) is 0 Å². The molecule has 13 heteroatoms. The van der Waals surface area contributed by atoms with Crippen LogP contribution < -0.4 is 10.6 Å². The van der Waals surface area contributed by atoms with Crippen molar-refractivity contribution in [2.75, 3.05) is 41.4 Å². The van der Waals surface area contributed by atoms with Gasteiger partial charge in [-0.3, -0.25) is 24.1 Å². The number of likely N-dealkylation sites (N-methyl/N-ethyl adjacent to an activating group) is 2. The van der Waals surface area contributed by atoms with Crippen molar-refractivity contribution in [3.8, 4) is 0 Å². The van der Waals surface area contributed by atoms with Crippen LogP contribution >= 0.6 is 0 Å². The van der Waals surface area contributed by atoms with Crippen LogP contribution in [0.2, 0.25) is 0 Å². The van der Waals surface area contributed by atoms with Gasteiger partial charge in [0.05, 0.1) is 42.7 Å². The molecule has 4 amide bonds. The maximum Gasteiger partial charge on any atom is 0.326 e. The van der Waals surface area contributed by atoms with Crippen LogP contribution in [0.4, 0.5) is 0 Å². The second-order valence-corrected chi connectivity index (χ2v) is 15.4. The Morgan fingerprint density at radius 2 is 1.62 bits per heavy atom. The van der Waals surface area contributed by atoms with Gasteiger partial charge in [0.25, 0.3) is 0 Å². The zero-order valence-electron chi connectivity index (χ0n) is 33.4. The molecule has 9 atom stereocenters. The number of carbonyl (C=O) groups excluding carboxylic acids is 4. The number of likely N-dealkylation sites (tertiary alicyclic amines) is 2. The minimum absolute atomic E-state index is 0.000372. The van der Waals surface area contributed by atoms with Gasteiger partial charge >= 0.3 is 5.97 Å². The lowest BCUT2D eigenvalue weighted by atomic mass is 9.89. The fourth-order valence-corrected chi connectivity index (χ4v) is 8.05. The molecule has 1 aromatic carbocycles. The van der Waals surface area contributed by atoms with Gasteiger partial charge in [-0.25, -0.2) is 4.79 Å². The molecule has 0 radical (unpaired) electrons. The summed E-state index contributed by atoms with van der Waals surface area (Å²) < 4.78 is 11.9. The molecule has 1 aromatic rings. The van der Waals surface area contributed by atoms with Crippen molar-refractivity contribution in [2.24, 2.45) is 17.8 Å². The molecule has 2 heterocycles. The zero-order chi connectivity index (χ0) is 39.4. The number of nitrogens with zero attached hydrogens (tertiary/aromatic N) is 3. The second-order valence-electron chi connectivity index (χ2n) is 15.4. The summed E-state index contributed by atoms with van der Waals surface area (Å²) in [5, 5.41) is 15.6. The smallest absolute Gasteiger partial charge is 0.326 e. The lowest BCUT2D eigenvalue weighted by Crippen LogP contribution is -2.59. The Morgan fingerprint density at radius 3 is 2.19 bits per heavy atom. The van der Waals surface area contributed by atoms with Crippen LogP contribution in [0.3, 0.4) is 0 Å². The SMILES string of the molecule is CC[C@H](C)[C@@H]([C@@H](CC(=O)N1CCC[C@H]1[C@H](OC)[C@@H](C)C(=O)N[C@@H](Cc1ccccc1)C(=O)O)OC)N(C)C(=O)[C@@H](NC(=O)[C@@H]1CCCCN1C)C(C)C. The van der Waals surface area contributed by atoms with Crippen LogP contribution in [-0.2, 0) is 39.9 Å². The van der Waals surface area contributed by atoms with Crippen molar-refractivity contribution < 1.29 is 38.6 Å². The van der Waals surface area contributed by atoms with Gasteiger partial charge in [0.15, 0.2) is 0 Å². The van der Waals surface area contributed by atoms with E-state index in [0.717, 1.165) is 37.8 Å². The van der Waals surface area contributed by atoms with E-state index in [-0.39, 0.29) is 48.4 Å². The number of benzene rings is 1. The van der Waals surface area contributed by atoms with E-state index in [1.165, 1.54) is 7.11 Å². The fourth-order valence-electron chi connectivity index (χ4n) is 8.05. The van der Waals surface area contributed by atoms with E-state index in [2.05, 4.69) is 10.6 Å². The Morgan fingerprint density at radius 1 is 0.943 bits per heavy atom. The maximum absolute atomic E-state index is 14.2. The first-order chi connectivity index (χ1) is 25.2. The molecule has 2 aliphatic heterocycles. The summed E-state index contributed by atoms with van der Waals surface area (Å²) in [4.78, 5) is 72.8. The summed E-state index contributed by atoms with van der Waals surface area (Å²) >= 11 is 0. The molecule has 0 unspecified atom stereocenters. The zero-order valence-corrected chi connectivity index (χ0v) is 33.4. The number of hydrogen-bond acceptors (Lipinski definition) is 8. The monoisotopic (exact) mass is 743 g/mol. The molecule has 0 aliphatic carbocycles. The number of ether oxygens (including phenoxy) is 2. The van der Waals surface area contributed by atoms with E-state index in [1.807, 2.05) is 70.0 Å². The number of hydrogen-bond donors (Lipinski definition) is 3. The minimum Gasteiger partial charge on any atom is -0.480 e. The van der Waals surface area contributed by atoms with Crippen molar-refractivity contribution in [3.63, 3.8) is 0 Å². The van der Waals surface area contributed by atoms with Crippen molar-refractivity contribution in [1.82, 2.24) is 25.3 Å². The average molecular weight is 744 g/mol. The van der Waals surface area contributed by atoms with E-state index in [1.54, 1.807) is 30.9 Å². The number of piperidine rings is 1. The number of methoxy groups -OCH3 is 2. The summed E-state index contributed by atoms with van der Waals surface area (Å²) in [6, 6.07) is 6.10. The minimum atomic E-state index is -1.13. The Balaban J connectivity index is 1.75. The van der Waals surface area contributed by atoms with Crippen LogP contribution in [0, 0.1) is 17.8 Å². The lowest BCUT2D eigenvalue weighted by Gasteiger charge is -2.41. The highest BCUT2D eigenvalue weighted by Gasteiger charge is 2.43. The molecule has 298 valence electrons. The summed E-state index contributed by atoms with van der Waals surface area (Å²) in [6.07, 6.45) is 3.64. The quantitative estimate of drug-likeness (QED) is 0.193.